The van der Waals surface area contributed by atoms with E-state index in [-0.39, 0.29) is 5.56 Å². The first-order chi connectivity index (χ1) is 9.08. The average Bonchev–Trinajstić information content (AvgIpc) is 2.38. The Morgan fingerprint density at radius 2 is 1.79 bits per heavy atom. The van der Waals surface area contributed by atoms with E-state index >= 15 is 0 Å². The molecule has 0 saturated carbocycles. The van der Waals surface area contributed by atoms with Gasteiger partial charge in [0.2, 0.25) is 0 Å². The largest absolute Gasteiger partial charge is 0.304 e. The molecule has 1 heterocycles. The Morgan fingerprint density at radius 1 is 1.11 bits per heavy atom. The van der Waals surface area contributed by atoms with E-state index in [1.165, 1.54) is 11.1 Å². The molecule has 0 fully saturated rings. The Labute approximate surface area is 114 Å². The van der Waals surface area contributed by atoms with Gasteiger partial charge < -0.3 is 4.57 Å². The third kappa shape index (κ3) is 3.22. The van der Waals surface area contributed by atoms with Gasteiger partial charge in [0.1, 0.15) is 0 Å². The molecule has 2 aromatic rings. The molecule has 0 aliphatic heterocycles. The number of benzene rings is 1. The van der Waals surface area contributed by atoms with Crippen molar-refractivity contribution in [2.75, 3.05) is 0 Å². The van der Waals surface area contributed by atoms with Crippen LogP contribution in [0.15, 0.2) is 58.9 Å². The molecule has 2 nitrogen and oxygen atoms in total. The zero-order valence-corrected chi connectivity index (χ0v) is 11.7. The Morgan fingerprint density at radius 3 is 2.42 bits per heavy atom. The quantitative estimate of drug-likeness (QED) is 0.763. The van der Waals surface area contributed by atoms with Gasteiger partial charge in [-0.15, -0.1) is 0 Å². The number of hydrogen-bond donors (Lipinski definition) is 0. The number of aromatic nitrogens is 1. The molecule has 1 aromatic carbocycles. The molecule has 0 aliphatic carbocycles. The van der Waals surface area contributed by atoms with Crippen molar-refractivity contribution in [3.63, 3.8) is 0 Å². The highest BCUT2D eigenvalue weighted by Crippen LogP contribution is 2.18. The molecular weight excluding hydrogens is 234 g/mol. The fourth-order valence-corrected chi connectivity index (χ4v) is 1.96. The molecule has 0 radical (unpaired) electrons. The summed E-state index contributed by atoms with van der Waals surface area (Å²) in [7, 11) is 0. The van der Waals surface area contributed by atoms with Gasteiger partial charge in [0.25, 0.3) is 5.56 Å². The first kappa shape index (κ1) is 13.3. The molecule has 2 rings (SSSR count). The Hall–Kier alpha value is -2.09. The number of allylic oxidation sites excluding steroid dienone is 2. The van der Waals surface area contributed by atoms with Gasteiger partial charge in [-0.25, -0.2) is 0 Å². The first-order valence-corrected chi connectivity index (χ1v) is 6.48. The lowest BCUT2D eigenvalue weighted by molar-refractivity contribution is 0.783. The highest BCUT2D eigenvalue weighted by Gasteiger charge is 2.04. The molecular formula is C17H19NO. The molecule has 0 N–H and O–H groups in total. The standard InChI is InChI=1S/C17H19NO/c1-13(2)11-12-18-16(5-4-6-17(18)19)15-9-7-14(3)8-10-15/h4-11H,12H2,1-3H3. The predicted octanol–water partition coefficient (Wildman–Crippen LogP) is 3.79. The van der Waals surface area contributed by atoms with Crippen LogP contribution in [0, 0.1) is 6.92 Å². The van der Waals surface area contributed by atoms with Crippen molar-refractivity contribution in [2.45, 2.75) is 27.3 Å². The Kier molecular flexibility index (Phi) is 4.00. The van der Waals surface area contributed by atoms with Gasteiger partial charge in [0.15, 0.2) is 0 Å². The lowest BCUT2D eigenvalue weighted by atomic mass is 10.1. The van der Waals surface area contributed by atoms with Crippen molar-refractivity contribution in [3.8, 4) is 11.3 Å². The van der Waals surface area contributed by atoms with Gasteiger partial charge in [0.05, 0.1) is 5.69 Å². The fourth-order valence-electron chi connectivity index (χ4n) is 1.96. The van der Waals surface area contributed by atoms with Crippen LogP contribution in [0.1, 0.15) is 19.4 Å². The third-order valence-corrected chi connectivity index (χ3v) is 3.08. The summed E-state index contributed by atoms with van der Waals surface area (Å²) in [6, 6.07) is 13.7. The highest BCUT2D eigenvalue weighted by molar-refractivity contribution is 5.60. The average molecular weight is 253 g/mol. The van der Waals surface area contributed by atoms with Crippen LogP contribution in [0.25, 0.3) is 11.3 Å². The van der Waals surface area contributed by atoms with E-state index in [2.05, 4.69) is 37.3 Å². The maximum atomic E-state index is 12.0. The van der Waals surface area contributed by atoms with E-state index in [4.69, 9.17) is 0 Å². The molecule has 2 heteroatoms. The summed E-state index contributed by atoms with van der Waals surface area (Å²) < 4.78 is 1.80. The van der Waals surface area contributed by atoms with Crippen LogP contribution in [-0.4, -0.2) is 4.57 Å². The van der Waals surface area contributed by atoms with E-state index in [0.29, 0.717) is 6.54 Å². The lowest BCUT2D eigenvalue weighted by Gasteiger charge is -2.11. The second kappa shape index (κ2) is 5.70. The minimum atomic E-state index is 0.0376. The Balaban J connectivity index is 2.51. The molecule has 98 valence electrons. The van der Waals surface area contributed by atoms with E-state index in [0.717, 1.165) is 11.3 Å². The van der Waals surface area contributed by atoms with Crippen LogP contribution in [-0.2, 0) is 6.54 Å². The van der Waals surface area contributed by atoms with E-state index in [1.54, 1.807) is 10.6 Å². The maximum Gasteiger partial charge on any atom is 0.251 e. The van der Waals surface area contributed by atoms with Crippen molar-refractivity contribution < 1.29 is 0 Å². The Bertz CT molecular complexity index is 644. The summed E-state index contributed by atoms with van der Waals surface area (Å²) in [4.78, 5) is 12.0. The maximum absolute atomic E-state index is 12.0. The topological polar surface area (TPSA) is 22.0 Å². The monoisotopic (exact) mass is 253 g/mol. The zero-order chi connectivity index (χ0) is 13.8. The smallest absolute Gasteiger partial charge is 0.251 e. The van der Waals surface area contributed by atoms with Gasteiger partial charge in [0, 0.05) is 12.6 Å². The summed E-state index contributed by atoms with van der Waals surface area (Å²) in [6.45, 7) is 6.76. The second-order valence-electron chi connectivity index (χ2n) is 5.01. The fraction of sp³-hybridized carbons (Fsp3) is 0.235. The van der Waals surface area contributed by atoms with E-state index in [9.17, 15) is 4.79 Å². The van der Waals surface area contributed by atoms with Gasteiger partial charge in [-0.05, 0) is 32.4 Å². The number of nitrogens with zero attached hydrogens (tertiary/aromatic N) is 1. The minimum absolute atomic E-state index is 0.0376. The summed E-state index contributed by atoms with van der Waals surface area (Å²) in [5, 5.41) is 0. The summed E-state index contributed by atoms with van der Waals surface area (Å²) in [6.07, 6.45) is 2.07. The predicted molar refractivity (Wildman–Crippen MR) is 80.3 cm³/mol. The van der Waals surface area contributed by atoms with Crippen molar-refractivity contribution in [3.05, 3.63) is 70.0 Å². The van der Waals surface area contributed by atoms with Crippen LogP contribution in [0.2, 0.25) is 0 Å². The lowest BCUT2D eigenvalue weighted by Crippen LogP contribution is -2.19. The molecule has 0 amide bonds. The zero-order valence-electron chi connectivity index (χ0n) is 11.7. The highest BCUT2D eigenvalue weighted by atomic mass is 16.1. The van der Waals surface area contributed by atoms with Crippen LogP contribution in [0.3, 0.4) is 0 Å². The molecule has 19 heavy (non-hydrogen) atoms. The van der Waals surface area contributed by atoms with Gasteiger partial charge >= 0.3 is 0 Å². The molecule has 0 saturated heterocycles. The summed E-state index contributed by atoms with van der Waals surface area (Å²) in [5.74, 6) is 0. The summed E-state index contributed by atoms with van der Waals surface area (Å²) in [5.41, 5.74) is 4.51. The van der Waals surface area contributed by atoms with Crippen molar-refractivity contribution >= 4 is 0 Å². The molecule has 0 bridgehead atoms. The minimum Gasteiger partial charge on any atom is -0.304 e. The second-order valence-corrected chi connectivity index (χ2v) is 5.01. The molecule has 0 aliphatic rings. The molecule has 0 atom stereocenters. The van der Waals surface area contributed by atoms with E-state index < -0.39 is 0 Å². The van der Waals surface area contributed by atoms with Crippen molar-refractivity contribution in [1.29, 1.82) is 0 Å². The van der Waals surface area contributed by atoms with Crippen LogP contribution < -0.4 is 5.56 Å². The summed E-state index contributed by atoms with van der Waals surface area (Å²) >= 11 is 0. The van der Waals surface area contributed by atoms with Crippen LogP contribution >= 0.6 is 0 Å². The van der Waals surface area contributed by atoms with Crippen molar-refractivity contribution in [2.24, 2.45) is 0 Å². The van der Waals surface area contributed by atoms with Crippen LogP contribution in [0.4, 0.5) is 0 Å². The first-order valence-electron chi connectivity index (χ1n) is 6.48. The van der Waals surface area contributed by atoms with Gasteiger partial charge in [-0.1, -0.05) is 47.5 Å². The normalized spacial score (nSPS) is 10.3. The SMILES string of the molecule is CC(C)=CCn1c(-c2ccc(C)cc2)cccc1=O. The number of aryl methyl sites for hydroxylation is 1. The number of hydrogen-bond acceptors (Lipinski definition) is 1. The van der Waals surface area contributed by atoms with Crippen molar-refractivity contribution in [1.82, 2.24) is 4.57 Å². The molecule has 1 aromatic heterocycles. The molecule has 0 spiro atoms. The van der Waals surface area contributed by atoms with Gasteiger partial charge in [-0.3, -0.25) is 4.79 Å². The van der Waals surface area contributed by atoms with E-state index in [1.807, 2.05) is 26.0 Å². The van der Waals surface area contributed by atoms with Crippen LogP contribution in [0.5, 0.6) is 0 Å². The number of rotatable bonds is 3. The third-order valence-electron chi connectivity index (χ3n) is 3.08. The molecule has 0 unspecified atom stereocenters. The number of pyridine rings is 1. The van der Waals surface area contributed by atoms with Gasteiger partial charge in [-0.2, -0.15) is 0 Å².